The fourth-order valence-electron chi connectivity index (χ4n) is 2.82. The molecule has 0 unspecified atom stereocenters. The first-order valence-electron chi connectivity index (χ1n) is 7.64. The smallest absolute Gasteiger partial charge is 0.289 e. The second-order valence-electron chi connectivity index (χ2n) is 5.79. The van der Waals surface area contributed by atoms with Gasteiger partial charge in [0.2, 0.25) is 0 Å². The van der Waals surface area contributed by atoms with Crippen LogP contribution >= 0.6 is 0 Å². The summed E-state index contributed by atoms with van der Waals surface area (Å²) >= 11 is 0. The highest BCUT2D eigenvalue weighted by Crippen LogP contribution is 2.22. The number of nitrogens with zero attached hydrogens (tertiary/aromatic N) is 1. The Labute approximate surface area is 135 Å². The Kier molecular flexibility index (Phi) is 4.26. The zero-order chi connectivity index (χ0) is 16.4. The zero-order valence-electron chi connectivity index (χ0n) is 13.0. The molecule has 3 rings (SSSR count). The Hall–Kier alpha value is -2.08. The first kappa shape index (κ1) is 15.8. The van der Waals surface area contributed by atoms with Gasteiger partial charge < -0.3 is 9.32 Å². The van der Waals surface area contributed by atoms with Gasteiger partial charge >= 0.3 is 0 Å². The molecule has 2 aromatic rings. The van der Waals surface area contributed by atoms with Gasteiger partial charge in [-0.25, -0.2) is 8.42 Å². The van der Waals surface area contributed by atoms with E-state index in [9.17, 15) is 13.2 Å². The largest absolute Gasteiger partial charge is 0.455 e. The van der Waals surface area contributed by atoms with Crippen LogP contribution in [-0.4, -0.2) is 32.3 Å². The lowest BCUT2D eigenvalue weighted by Gasteiger charge is -2.12. The van der Waals surface area contributed by atoms with Crippen LogP contribution in [0.1, 0.15) is 34.7 Å². The van der Waals surface area contributed by atoms with Gasteiger partial charge in [-0.2, -0.15) is 0 Å². The van der Waals surface area contributed by atoms with E-state index in [0.717, 1.165) is 25.9 Å². The third kappa shape index (κ3) is 3.32. The maximum Gasteiger partial charge on any atom is 0.289 e. The summed E-state index contributed by atoms with van der Waals surface area (Å²) in [4.78, 5) is 14.3. The van der Waals surface area contributed by atoms with Gasteiger partial charge in [-0.1, -0.05) is 18.2 Å². The van der Waals surface area contributed by atoms with Gasteiger partial charge in [0, 0.05) is 13.1 Å². The van der Waals surface area contributed by atoms with Crippen LogP contribution in [-0.2, 0) is 15.6 Å². The zero-order valence-corrected chi connectivity index (χ0v) is 13.8. The summed E-state index contributed by atoms with van der Waals surface area (Å²) in [7, 11) is -3.49. The summed E-state index contributed by atoms with van der Waals surface area (Å²) in [5.74, 6) is 0.0882. The summed E-state index contributed by atoms with van der Waals surface area (Å²) in [5, 5.41) is 0. The van der Waals surface area contributed by atoms with Crippen molar-refractivity contribution in [1.29, 1.82) is 0 Å². The summed E-state index contributed by atoms with van der Waals surface area (Å²) in [6, 6.07) is 9.97. The maximum absolute atomic E-state index is 12.5. The Morgan fingerprint density at radius 2 is 1.83 bits per heavy atom. The minimum Gasteiger partial charge on any atom is -0.455 e. The van der Waals surface area contributed by atoms with Crippen molar-refractivity contribution in [1.82, 2.24) is 4.90 Å². The van der Waals surface area contributed by atoms with Crippen molar-refractivity contribution in [2.24, 2.45) is 0 Å². The number of amides is 1. The lowest BCUT2D eigenvalue weighted by molar-refractivity contribution is 0.0759. The molecule has 0 atom stereocenters. The second-order valence-corrected chi connectivity index (χ2v) is 7.75. The lowest BCUT2D eigenvalue weighted by atomic mass is 10.2. The number of benzene rings is 1. The van der Waals surface area contributed by atoms with Crippen LogP contribution in [0.3, 0.4) is 0 Å². The number of furan rings is 1. The van der Waals surface area contributed by atoms with E-state index in [-0.39, 0.29) is 23.2 Å². The van der Waals surface area contributed by atoms with Crippen molar-refractivity contribution < 1.29 is 17.6 Å². The van der Waals surface area contributed by atoms with E-state index in [1.54, 1.807) is 48.2 Å². The number of carbonyl (C=O) groups excluding carboxylic acids is 1. The molecule has 0 saturated carbocycles. The number of hydrogen-bond acceptors (Lipinski definition) is 4. The highest BCUT2D eigenvalue weighted by atomic mass is 32.2. The Balaban J connectivity index is 1.79. The molecule has 2 heterocycles. The standard InChI is InChI=1S/C17H19NO4S/c1-13-6-2-3-7-16(13)23(20,21)12-14-8-9-15(22-14)17(19)18-10-4-5-11-18/h2-3,6-9H,4-5,10-12H2,1H3. The van der Waals surface area contributed by atoms with Crippen molar-refractivity contribution in [3.8, 4) is 0 Å². The van der Waals surface area contributed by atoms with Crippen molar-refractivity contribution in [2.45, 2.75) is 30.4 Å². The van der Waals surface area contributed by atoms with Gasteiger partial charge in [0.05, 0.1) is 4.90 Å². The summed E-state index contributed by atoms with van der Waals surface area (Å²) < 4.78 is 30.5. The molecule has 23 heavy (non-hydrogen) atoms. The van der Waals surface area contributed by atoms with Crippen LogP contribution in [0, 0.1) is 6.92 Å². The summed E-state index contributed by atoms with van der Waals surface area (Å²) in [6.07, 6.45) is 2.00. The molecule has 1 aromatic carbocycles. The third-order valence-electron chi connectivity index (χ3n) is 4.03. The van der Waals surface area contributed by atoms with Crippen molar-refractivity contribution in [3.05, 3.63) is 53.5 Å². The molecular weight excluding hydrogens is 314 g/mol. The van der Waals surface area contributed by atoms with Crippen LogP contribution in [0.4, 0.5) is 0 Å². The number of rotatable bonds is 4. The van der Waals surface area contributed by atoms with Crippen LogP contribution in [0.2, 0.25) is 0 Å². The summed E-state index contributed by atoms with van der Waals surface area (Å²) in [5.41, 5.74) is 0.701. The quantitative estimate of drug-likeness (QED) is 0.863. The Morgan fingerprint density at radius 1 is 1.13 bits per heavy atom. The molecule has 1 amide bonds. The first-order chi connectivity index (χ1) is 11.0. The molecule has 0 bridgehead atoms. The molecule has 1 aromatic heterocycles. The topological polar surface area (TPSA) is 67.6 Å². The normalized spacial score (nSPS) is 15.1. The number of aryl methyl sites for hydroxylation is 1. The highest BCUT2D eigenvalue weighted by molar-refractivity contribution is 7.90. The van der Waals surface area contributed by atoms with Crippen LogP contribution in [0.25, 0.3) is 0 Å². The molecule has 0 radical (unpaired) electrons. The molecule has 1 saturated heterocycles. The van der Waals surface area contributed by atoms with E-state index < -0.39 is 9.84 Å². The average molecular weight is 333 g/mol. The molecule has 0 N–H and O–H groups in total. The van der Waals surface area contributed by atoms with Gasteiger partial charge in [-0.3, -0.25) is 4.79 Å². The van der Waals surface area contributed by atoms with Gasteiger partial charge in [0.25, 0.3) is 5.91 Å². The van der Waals surface area contributed by atoms with E-state index in [1.807, 2.05) is 0 Å². The molecule has 1 fully saturated rings. The molecule has 5 nitrogen and oxygen atoms in total. The fraction of sp³-hybridized carbons (Fsp3) is 0.353. The SMILES string of the molecule is Cc1ccccc1S(=O)(=O)Cc1ccc(C(=O)N2CCCC2)o1. The van der Waals surface area contributed by atoms with Crippen LogP contribution < -0.4 is 0 Å². The van der Waals surface area contributed by atoms with Gasteiger partial charge in [0.15, 0.2) is 15.6 Å². The minimum absolute atomic E-state index is 0.165. The molecule has 122 valence electrons. The van der Waals surface area contributed by atoms with E-state index in [0.29, 0.717) is 10.5 Å². The van der Waals surface area contributed by atoms with E-state index in [4.69, 9.17) is 4.42 Å². The minimum atomic E-state index is -3.49. The Bertz CT molecular complexity index is 817. The molecular formula is C17H19NO4S. The van der Waals surface area contributed by atoms with Crippen molar-refractivity contribution >= 4 is 15.7 Å². The average Bonchev–Trinajstić information content (AvgIpc) is 3.17. The third-order valence-corrected chi connectivity index (χ3v) is 5.82. The number of carbonyl (C=O) groups is 1. The molecule has 1 aliphatic heterocycles. The number of sulfone groups is 1. The molecule has 0 aliphatic carbocycles. The van der Waals surface area contributed by atoms with E-state index >= 15 is 0 Å². The fourth-order valence-corrected chi connectivity index (χ4v) is 4.35. The van der Waals surface area contributed by atoms with E-state index in [2.05, 4.69) is 0 Å². The monoisotopic (exact) mass is 333 g/mol. The second kappa shape index (κ2) is 6.20. The molecule has 6 heteroatoms. The summed E-state index contributed by atoms with van der Waals surface area (Å²) in [6.45, 7) is 3.23. The van der Waals surface area contributed by atoms with Gasteiger partial charge in [-0.15, -0.1) is 0 Å². The highest BCUT2D eigenvalue weighted by Gasteiger charge is 2.24. The van der Waals surface area contributed by atoms with Crippen molar-refractivity contribution in [2.75, 3.05) is 13.1 Å². The number of likely N-dealkylation sites (tertiary alicyclic amines) is 1. The van der Waals surface area contributed by atoms with Crippen LogP contribution in [0.15, 0.2) is 45.7 Å². The van der Waals surface area contributed by atoms with Crippen LogP contribution in [0.5, 0.6) is 0 Å². The number of hydrogen-bond donors (Lipinski definition) is 0. The van der Waals surface area contributed by atoms with Gasteiger partial charge in [0.1, 0.15) is 11.5 Å². The lowest BCUT2D eigenvalue weighted by Crippen LogP contribution is -2.27. The van der Waals surface area contributed by atoms with Crippen molar-refractivity contribution in [3.63, 3.8) is 0 Å². The predicted molar refractivity (Wildman–Crippen MR) is 85.9 cm³/mol. The van der Waals surface area contributed by atoms with Gasteiger partial charge in [-0.05, 0) is 43.5 Å². The first-order valence-corrected chi connectivity index (χ1v) is 9.29. The Morgan fingerprint density at radius 3 is 2.52 bits per heavy atom. The molecule has 1 aliphatic rings. The molecule has 0 spiro atoms. The maximum atomic E-state index is 12.5. The predicted octanol–water partition coefficient (Wildman–Crippen LogP) is 2.80. The van der Waals surface area contributed by atoms with E-state index in [1.165, 1.54) is 0 Å².